The highest BCUT2D eigenvalue weighted by Gasteiger charge is 2.29. The predicted molar refractivity (Wildman–Crippen MR) is 81.4 cm³/mol. The fraction of sp³-hybridized carbons (Fsp3) is 1.00. The Morgan fingerprint density at radius 3 is 1.44 bits per heavy atom. The van der Waals surface area contributed by atoms with Crippen molar-refractivity contribution >= 4 is 9.76 Å². The highest BCUT2D eigenvalue weighted by molar-refractivity contribution is 6.25. The van der Waals surface area contributed by atoms with Crippen LogP contribution in [0.5, 0.6) is 0 Å². The van der Waals surface area contributed by atoms with Crippen molar-refractivity contribution in [2.45, 2.75) is 83.1 Å². The van der Waals surface area contributed by atoms with Gasteiger partial charge in [0.25, 0.3) is 0 Å². The topological polar surface area (TPSA) is 20.2 Å². The molecule has 0 radical (unpaired) electrons. The Morgan fingerprint density at radius 1 is 0.722 bits per heavy atom. The number of hydrogen-bond acceptors (Lipinski definition) is 1. The molecule has 0 aromatic heterocycles. The summed E-state index contributed by atoms with van der Waals surface area (Å²) in [7, 11) is -0.746. The lowest BCUT2D eigenvalue weighted by Gasteiger charge is -2.33. The summed E-state index contributed by atoms with van der Waals surface area (Å²) in [6, 6.07) is 1.22. The zero-order valence-corrected chi connectivity index (χ0v) is 13.5. The van der Waals surface area contributed by atoms with E-state index in [2.05, 4.69) is 0 Å². The van der Waals surface area contributed by atoms with E-state index in [4.69, 9.17) is 0 Å². The minimum absolute atomic E-state index is 0.746. The molecule has 2 rings (SSSR count). The summed E-state index contributed by atoms with van der Waals surface area (Å²) in [6.45, 7) is 0. The van der Waals surface area contributed by atoms with Gasteiger partial charge in [0.05, 0.1) is 0 Å². The van der Waals surface area contributed by atoms with Crippen LogP contribution in [0.2, 0.25) is 6.04 Å². The van der Waals surface area contributed by atoms with Crippen molar-refractivity contribution < 1.29 is 4.80 Å². The van der Waals surface area contributed by atoms with Crippen LogP contribution in [-0.4, -0.2) is 14.6 Å². The Balaban J connectivity index is 1.95. The maximum atomic E-state index is 9.58. The maximum absolute atomic E-state index is 9.58. The maximum Gasteiger partial charge on any atom is 0.157 e. The van der Waals surface area contributed by atoms with E-state index in [0.717, 1.165) is 17.8 Å². The molecule has 2 aliphatic carbocycles. The summed E-state index contributed by atoms with van der Waals surface area (Å²) >= 11 is 0. The van der Waals surface area contributed by atoms with E-state index < -0.39 is 9.76 Å². The largest absolute Gasteiger partial charge is 0.438 e. The molecule has 2 heteroatoms. The lowest BCUT2D eigenvalue weighted by atomic mass is 9.76. The Morgan fingerprint density at radius 2 is 1.11 bits per heavy atom. The van der Waals surface area contributed by atoms with Crippen molar-refractivity contribution in [3.63, 3.8) is 0 Å². The molecule has 0 unspecified atom stereocenters. The summed E-state index contributed by atoms with van der Waals surface area (Å²) in [5, 5.41) is 0. The van der Waals surface area contributed by atoms with Crippen molar-refractivity contribution in [1.29, 1.82) is 0 Å². The molecule has 2 fully saturated rings. The van der Waals surface area contributed by atoms with E-state index in [9.17, 15) is 4.80 Å². The van der Waals surface area contributed by atoms with Crippen molar-refractivity contribution in [3.8, 4) is 0 Å². The van der Waals surface area contributed by atoms with Crippen molar-refractivity contribution in [2.24, 2.45) is 17.8 Å². The van der Waals surface area contributed by atoms with Gasteiger partial charge in [0.1, 0.15) is 0 Å². The number of hydrogen-bond donors (Lipinski definition) is 1. The molecule has 1 nitrogen and oxygen atoms in total. The first kappa shape index (κ1) is 14.6. The molecule has 2 saturated carbocycles. The van der Waals surface area contributed by atoms with E-state index in [1.807, 2.05) is 0 Å². The molecule has 106 valence electrons. The van der Waals surface area contributed by atoms with E-state index in [1.165, 1.54) is 83.1 Å². The normalized spacial score (nSPS) is 25.7. The van der Waals surface area contributed by atoms with E-state index in [1.54, 1.807) is 0 Å². The summed E-state index contributed by atoms with van der Waals surface area (Å²) in [5.41, 5.74) is 0. The van der Waals surface area contributed by atoms with Crippen molar-refractivity contribution in [2.75, 3.05) is 0 Å². The third-order valence-corrected chi connectivity index (χ3v) is 6.40. The van der Waals surface area contributed by atoms with Crippen LogP contribution in [0, 0.1) is 17.8 Å². The van der Waals surface area contributed by atoms with Gasteiger partial charge >= 0.3 is 0 Å². The second kappa shape index (κ2) is 8.37. The Bertz CT molecular complexity index is 183. The zero-order valence-electron chi connectivity index (χ0n) is 12.1. The average molecular weight is 269 g/mol. The zero-order chi connectivity index (χ0) is 12.6. The summed E-state index contributed by atoms with van der Waals surface area (Å²) in [6.07, 6.45) is 17.6. The summed E-state index contributed by atoms with van der Waals surface area (Å²) in [5.74, 6) is 2.84. The molecule has 18 heavy (non-hydrogen) atoms. The second-order valence-electron chi connectivity index (χ2n) is 6.68. The first-order chi connectivity index (χ1) is 8.92. The van der Waals surface area contributed by atoms with Crippen LogP contribution in [0.15, 0.2) is 0 Å². The average Bonchev–Trinajstić information content (AvgIpc) is 2.80. The van der Waals surface area contributed by atoms with Crippen LogP contribution in [-0.2, 0) is 0 Å². The molecule has 2 aliphatic rings. The lowest BCUT2D eigenvalue weighted by molar-refractivity contribution is 0.203. The molecule has 0 bridgehead atoms. The van der Waals surface area contributed by atoms with Crippen molar-refractivity contribution in [3.05, 3.63) is 0 Å². The van der Waals surface area contributed by atoms with Crippen LogP contribution in [0.25, 0.3) is 0 Å². The SMILES string of the molecule is O[SiH2]CC(C1CCCCCC1)C1CCCCCC1. The minimum atomic E-state index is -0.746. The standard InChI is InChI=1S/C16H32OSi/c17-18-13-16(14-9-5-1-2-6-10-14)15-11-7-3-4-8-12-15/h14-17H,1-13,18H2. The molecule has 0 aromatic rings. The Kier molecular flexibility index (Phi) is 6.78. The molecular weight excluding hydrogens is 236 g/mol. The first-order valence-corrected chi connectivity index (χ1v) is 10.2. The van der Waals surface area contributed by atoms with Gasteiger partial charge in [-0.25, -0.2) is 0 Å². The van der Waals surface area contributed by atoms with Gasteiger partial charge in [-0.1, -0.05) is 77.0 Å². The summed E-state index contributed by atoms with van der Waals surface area (Å²) in [4.78, 5) is 9.58. The minimum Gasteiger partial charge on any atom is -0.438 e. The highest BCUT2D eigenvalue weighted by atomic mass is 28.2. The van der Waals surface area contributed by atoms with Crippen LogP contribution in [0.3, 0.4) is 0 Å². The fourth-order valence-corrected chi connectivity index (χ4v) is 5.72. The van der Waals surface area contributed by atoms with Crippen LogP contribution in [0.1, 0.15) is 77.0 Å². The lowest BCUT2D eigenvalue weighted by Crippen LogP contribution is -2.24. The van der Waals surface area contributed by atoms with Gasteiger partial charge in [-0.3, -0.25) is 0 Å². The molecule has 0 amide bonds. The van der Waals surface area contributed by atoms with Gasteiger partial charge in [-0.05, 0) is 23.8 Å². The third kappa shape index (κ3) is 4.38. The van der Waals surface area contributed by atoms with E-state index in [-0.39, 0.29) is 0 Å². The molecule has 0 heterocycles. The Hall–Kier alpha value is 0.177. The number of rotatable bonds is 4. The van der Waals surface area contributed by atoms with Gasteiger partial charge in [-0.15, -0.1) is 0 Å². The van der Waals surface area contributed by atoms with Crippen LogP contribution >= 0.6 is 0 Å². The second-order valence-corrected chi connectivity index (χ2v) is 7.70. The van der Waals surface area contributed by atoms with Gasteiger partial charge in [0.15, 0.2) is 9.76 Å². The monoisotopic (exact) mass is 268 g/mol. The molecule has 0 aliphatic heterocycles. The summed E-state index contributed by atoms with van der Waals surface area (Å²) < 4.78 is 0. The van der Waals surface area contributed by atoms with Crippen LogP contribution in [0.4, 0.5) is 0 Å². The third-order valence-electron chi connectivity index (χ3n) is 5.47. The molecule has 0 saturated heterocycles. The smallest absolute Gasteiger partial charge is 0.157 e. The molecule has 1 N–H and O–H groups in total. The fourth-order valence-electron chi connectivity index (χ4n) is 4.48. The van der Waals surface area contributed by atoms with E-state index in [0.29, 0.717) is 0 Å². The molecule has 0 spiro atoms. The van der Waals surface area contributed by atoms with Crippen LogP contribution < -0.4 is 0 Å². The molecule has 0 aromatic carbocycles. The first-order valence-electron chi connectivity index (χ1n) is 8.52. The highest BCUT2D eigenvalue weighted by Crippen LogP contribution is 2.40. The van der Waals surface area contributed by atoms with E-state index >= 15 is 0 Å². The van der Waals surface area contributed by atoms with Gasteiger partial charge in [-0.2, -0.15) is 0 Å². The van der Waals surface area contributed by atoms with Gasteiger partial charge in [0, 0.05) is 0 Å². The molecule has 0 atom stereocenters. The van der Waals surface area contributed by atoms with Gasteiger partial charge < -0.3 is 4.80 Å². The Labute approximate surface area is 116 Å². The molecular formula is C16H32OSi. The van der Waals surface area contributed by atoms with Gasteiger partial charge in [0.2, 0.25) is 0 Å². The van der Waals surface area contributed by atoms with Crippen molar-refractivity contribution in [1.82, 2.24) is 0 Å². The predicted octanol–water partition coefficient (Wildman–Crippen LogP) is 4.04. The quantitative estimate of drug-likeness (QED) is 0.603.